The summed E-state index contributed by atoms with van der Waals surface area (Å²) < 4.78 is 0. The van der Waals surface area contributed by atoms with Crippen LogP contribution in [-0.4, -0.2) is 38.2 Å². The first kappa shape index (κ1) is 18.0. The molecule has 6 heteroatoms. The number of benzene rings is 1. The second-order valence-corrected chi connectivity index (χ2v) is 6.35. The lowest BCUT2D eigenvalue weighted by Crippen LogP contribution is -2.43. The van der Waals surface area contributed by atoms with Crippen LogP contribution in [0.4, 0.5) is 5.69 Å². The van der Waals surface area contributed by atoms with Gasteiger partial charge in [0.05, 0.1) is 6.21 Å². The van der Waals surface area contributed by atoms with Crippen molar-refractivity contribution in [1.82, 2.24) is 10.7 Å². The molecular weight excluding hydrogens is 304 g/mol. The first-order chi connectivity index (χ1) is 11.6. The molecule has 0 aromatic heterocycles. The van der Waals surface area contributed by atoms with Gasteiger partial charge < -0.3 is 10.2 Å². The Kier molecular flexibility index (Phi) is 6.78. The van der Waals surface area contributed by atoms with Crippen LogP contribution in [0, 0.1) is 0 Å². The van der Waals surface area contributed by atoms with E-state index in [1.54, 1.807) is 0 Å². The van der Waals surface area contributed by atoms with Crippen LogP contribution >= 0.6 is 0 Å². The molecule has 0 heterocycles. The summed E-state index contributed by atoms with van der Waals surface area (Å²) in [6.45, 7) is 0. The number of amides is 2. The van der Waals surface area contributed by atoms with Gasteiger partial charge in [0.1, 0.15) is 0 Å². The van der Waals surface area contributed by atoms with Gasteiger partial charge in [-0.15, -0.1) is 0 Å². The number of hydrogen-bond acceptors (Lipinski definition) is 4. The van der Waals surface area contributed by atoms with Gasteiger partial charge in [0, 0.05) is 25.8 Å². The third kappa shape index (κ3) is 5.68. The van der Waals surface area contributed by atoms with E-state index in [0.717, 1.165) is 36.9 Å². The van der Waals surface area contributed by atoms with Crippen LogP contribution in [-0.2, 0) is 9.59 Å². The summed E-state index contributed by atoms with van der Waals surface area (Å²) in [5.74, 6) is -1.33. The maximum atomic E-state index is 11.9. The second-order valence-electron chi connectivity index (χ2n) is 6.35. The number of nitrogens with one attached hydrogen (secondary N) is 2. The summed E-state index contributed by atoms with van der Waals surface area (Å²) in [5, 5.41) is 6.65. The topological polar surface area (TPSA) is 73.8 Å². The summed E-state index contributed by atoms with van der Waals surface area (Å²) >= 11 is 0. The SMILES string of the molecule is CN(C)c1ccc(/C=N\NC(=O)C(=O)NC2CCCCCC2)cc1. The highest BCUT2D eigenvalue weighted by atomic mass is 16.2. The zero-order valence-corrected chi connectivity index (χ0v) is 14.4. The second kappa shape index (κ2) is 9.05. The molecule has 2 amide bonds. The summed E-state index contributed by atoms with van der Waals surface area (Å²) in [4.78, 5) is 25.7. The summed E-state index contributed by atoms with van der Waals surface area (Å²) in [6, 6.07) is 7.82. The molecule has 0 unspecified atom stereocenters. The van der Waals surface area contributed by atoms with E-state index in [9.17, 15) is 9.59 Å². The minimum atomic E-state index is -0.722. The predicted molar refractivity (Wildman–Crippen MR) is 96.1 cm³/mol. The number of anilines is 1. The molecule has 0 bridgehead atoms. The van der Waals surface area contributed by atoms with E-state index in [1.165, 1.54) is 19.1 Å². The van der Waals surface area contributed by atoms with E-state index in [-0.39, 0.29) is 6.04 Å². The van der Waals surface area contributed by atoms with E-state index in [0.29, 0.717) is 0 Å². The smallest absolute Gasteiger partial charge is 0.329 e. The highest BCUT2D eigenvalue weighted by molar-refractivity contribution is 6.35. The Balaban J connectivity index is 1.79. The Labute approximate surface area is 143 Å². The summed E-state index contributed by atoms with van der Waals surface area (Å²) in [6.07, 6.45) is 8.03. The fourth-order valence-corrected chi connectivity index (χ4v) is 2.75. The van der Waals surface area contributed by atoms with E-state index >= 15 is 0 Å². The molecule has 1 aromatic rings. The number of nitrogens with zero attached hydrogens (tertiary/aromatic N) is 2. The quantitative estimate of drug-likeness (QED) is 0.384. The molecule has 2 rings (SSSR count). The Morgan fingerprint density at radius 1 is 1.04 bits per heavy atom. The molecule has 1 fully saturated rings. The van der Waals surface area contributed by atoms with E-state index in [2.05, 4.69) is 15.8 Å². The molecule has 130 valence electrons. The molecular formula is C18H26N4O2. The van der Waals surface area contributed by atoms with Crippen molar-refractivity contribution in [2.45, 2.75) is 44.6 Å². The highest BCUT2D eigenvalue weighted by Gasteiger charge is 2.19. The van der Waals surface area contributed by atoms with Gasteiger partial charge in [0.15, 0.2) is 0 Å². The number of rotatable bonds is 4. The monoisotopic (exact) mass is 330 g/mol. The molecule has 1 saturated carbocycles. The molecule has 0 aliphatic heterocycles. The third-order valence-electron chi connectivity index (χ3n) is 4.19. The molecule has 0 spiro atoms. The van der Waals surface area contributed by atoms with Crippen molar-refractivity contribution < 1.29 is 9.59 Å². The summed E-state index contributed by atoms with van der Waals surface area (Å²) in [7, 11) is 3.94. The molecule has 6 nitrogen and oxygen atoms in total. The van der Waals surface area contributed by atoms with Crippen molar-refractivity contribution >= 4 is 23.7 Å². The Hall–Kier alpha value is -2.37. The van der Waals surface area contributed by atoms with Crippen molar-refractivity contribution in [3.8, 4) is 0 Å². The molecule has 1 aliphatic rings. The van der Waals surface area contributed by atoms with Crippen LogP contribution in [0.1, 0.15) is 44.1 Å². The number of carbonyl (C=O) groups excluding carboxylic acids is 2. The third-order valence-corrected chi connectivity index (χ3v) is 4.19. The van der Waals surface area contributed by atoms with Crippen LogP contribution in [0.5, 0.6) is 0 Å². The van der Waals surface area contributed by atoms with Gasteiger partial charge in [0.2, 0.25) is 0 Å². The minimum absolute atomic E-state index is 0.105. The van der Waals surface area contributed by atoms with Crippen LogP contribution in [0.25, 0.3) is 0 Å². The molecule has 0 atom stereocenters. The first-order valence-electron chi connectivity index (χ1n) is 8.47. The maximum Gasteiger partial charge on any atom is 0.329 e. The van der Waals surface area contributed by atoms with Crippen molar-refractivity contribution in [2.24, 2.45) is 5.10 Å². The molecule has 2 N–H and O–H groups in total. The van der Waals surface area contributed by atoms with Gasteiger partial charge in [-0.05, 0) is 30.5 Å². The van der Waals surface area contributed by atoms with Gasteiger partial charge in [0.25, 0.3) is 0 Å². The highest BCUT2D eigenvalue weighted by Crippen LogP contribution is 2.17. The normalized spacial score (nSPS) is 15.8. The average molecular weight is 330 g/mol. The van der Waals surface area contributed by atoms with Crippen LogP contribution in [0.3, 0.4) is 0 Å². The standard InChI is InChI=1S/C18H26N4O2/c1-22(2)16-11-9-14(10-12-16)13-19-21-18(24)17(23)20-15-7-5-3-4-6-8-15/h9-13,15H,3-8H2,1-2H3,(H,20,23)(H,21,24)/b19-13-. The van der Waals surface area contributed by atoms with E-state index < -0.39 is 11.8 Å². The Morgan fingerprint density at radius 3 is 2.25 bits per heavy atom. The minimum Gasteiger partial charge on any atom is -0.378 e. The zero-order chi connectivity index (χ0) is 17.4. The van der Waals surface area contributed by atoms with Crippen molar-refractivity contribution in [3.05, 3.63) is 29.8 Å². The maximum absolute atomic E-state index is 11.9. The predicted octanol–water partition coefficient (Wildman–Crippen LogP) is 2.04. The zero-order valence-electron chi connectivity index (χ0n) is 14.4. The van der Waals surface area contributed by atoms with Gasteiger partial charge >= 0.3 is 11.8 Å². The molecule has 1 aliphatic carbocycles. The van der Waals surface area contributed by atoms with Gasteiger partial charge in [-0.3, -0.25) is 9.59 Å². The molecule has 0 radical (unpaired) electrons. The average Bonchev–Trinajstić information content (AvgIpc) is 2.83. The van der Waals surface area contributed by atoms with Crippen molar-refractivity contribution in [3.63, 3.8) is 0 Å². The lowest BCUT2D eigenvalue weighted by Gasteiger charge is -2.15. The fourth-order valence-electron chi connectivity index (χ4n) is 2.75. The van der Waals surface area contributed by atoms with Crippen LogP contribution < -0.4 is 15.6 Å². The fraction of sp³-hybridized carbons (Fsp3) is 0.500. The van der Waals surface area contributed by atoms with Crippen LogP contribution in [0.15, 0.2) is 29.4 Å². The Morgan fingerprint density at radius 2 is 1.67 bits per heavy atom. The lowest BCUT2D eigenvalue weighted by atomic mass is 10.1. The number of carbonyl (C=O) groups is 2. The van der Waals surface area contributed by atoms with Crippen LogP contribution in [0.2, 0.25) is 0 Å². The first-order valence-corrected chi connectivity index (χ1v) is 8.47. The summed E-state index contributed by atoms with van der Waals surface area (Å²) in [5.41, 5.74) is 4.22. The van der Waals surface area contributed by atoms with Gasteiger partial charge in [-0.1, -0.05) is 37.8 Å². The van der Waals surface area contributed by atoms with E-state index in [1.807, 2.05) is 43.3 Å². The molecule has 24 heavy (non-hydrogen) atoms. The lowest BCUT2D eigenvalue weighted by molar-refractivity contribution is -0.139. The molecule has 1 aromatic carbocycles. The van der Waals surface area contributed by atoms with Crippen molar-refractivity contribution in [1.29, 1.82) is 0 Å². The Bertz CT molecular complexity index is 573. The molecule has 0 saturated heterocycles. The largest absolute Gasteiger partial charge is 0.378 e. The number of hydrogen-bond donors (Lipinski definition) is 2. The van der Waals surface area contributed by atoms with Crippen molar-refractivity contribution in [2.75, 3.05) is 19.0 Å². The van der Waals surface area contributed by atoms with Gasteiger partial charge in [-0.2, -0.15) is 5.10 Å². The van der Waals surface area contributed by atoms with E-state index in [4.69, 9.17) is 0 Å². The number of hydrazone groups is 1. The van der Waals surface area contributed by atoms with Gasteiger partial charge in [-0.25, -0.2) is 5.43 Å².